The normalized spacial score (nSPS) is 10.6. The topological polar surface area (TPSA) is 81.9 Å². The van der Waals surface area contributed by atoms with Gasteiger partial charge in [0.05, 0.1) is 12.3 Å². The van der Waals surface area contributed by atoms with Crippen LogP contribution < -0.4 is 10.1 Å². The van der Waals surface area contributed by atoms with Crippen LogP contribution in [0.3, 0.4) is 0 Å². The van der Waals surface area contributed by atoms with Gasteiger partial charge in [-0.2, -0.15) is 0 Å². The number of aromatic nitrogens is 4. The second-order valence-electron chi connectivity index (χ2n) is 5.59. The number of rotatable bonds is 9. The number of nitrogens with zero attached hydrogens (tertiary/aromatic N) is 4. The molecule has 0 saturated carbocycles. The molecule has 0 atom stereocenters. The lowest BCUT2D eigenvalue weighted by molar-refractivity contribution is -0.118. The first-order valence-electron chi connectivity index (χ1n) is 8.69. The summed E-state index contributed by atoms with van der Waals surface area (Å²) in [5, 5.41) is 12.0. The van der Waals surface area contributed by atoms with E-state index in [4.69, 9.17) is 4.74 Å². The maximum absolute atomic E-state index is 12.1. The van der Waals surface area contributed by atoms with Crippen LogP contribution in [0.2, 0.25) is 0 Å². The van der Waals surface area contributed by atoms with Crippen LogP contribution >= 0.6 is 11.8 Å². The molecule has 0 radical (unpaired) electrons. The zero-order chi connectivity index (χ0) is 18.9. The van der Waals surface area contributed by atoms with Gasteiger partial charge in [0.25, 0.3) is 0 Å². The highest BCUT2D eigenvalue weighted by atomic mass is 32.2. The summed E-state index contributed by atoms with van der Waals surface area (Å²) >= 11 is 1.37. The molecule has 0 saturated heterocycles. The van der Waals surface area contributed by atoms with E-state index in [1.54, 1.807) is 12.4 Å². The van der Waals surface area contributed by atoms with Crippen molar-refractivity contribution >= 4 is 17.7 Å². The van der Waals surface area contributed by atoms with Gasteiger partial charge in [-0.3, -0.25) is 9.78 Å². The molecule has 0 aliphatic rings. The van der Waals surface area contributed by atoms with E-state index in [9.17, 15) is 4.79 Å². The molecule has 140 valence electrons. The number of pyridine rings is 1. The Morgan fingerprint density at radius 3 is 2.67 bits per heavy atom. The predicted octanol–water partition coefficient (Wildman–Crippen LogP) is 2.65. The Labute approximate surface area is 162 Å². The molecule has 3 rings (SSSR count). The third-order valence-corrected chi connectivity index (χ3v) is 4.71. The molecule has 0 bridgehead atoms. The van der Waals surface area contributed by atoms with Crippen molar-refractivity contribution in [1.82, 2.24) is 25.1 Å². The number of ether oxygens (including phenoxy) is 1. The summed E-state index contributed by atoms with van der Waals surface area (Å²) in [6.45, 7) is 3.63. The Morgan fingerprint density at radius 2 is 1.93 bits per heavy atom. The number of nitrogens with one attached hydrogen (secondary N) is 1. The molecule has 1 N–H and O–H groups in total. The van der Waals surface area contributed by atoms with Crippen molar-refractivity contribution in [2.75, 3.05) is 18.9 Å². The predicted molar refractivity (Wildman–Crippen MR) is 105 cm³/mol. The van der Waals surface area contributed by atoms with Crippen LogP contribution in [0.5, 0.6) is 5.75 Å². The van der Waals surface area contributed by atoms with Gasteiger partial charge in [0.1, 0.15) is 12.4 Å². The number of hydrogen-bond donors (Lipinski definition) is 1. The van der Waals surface area contributed by atoms with Crippen molar-refractivity contribution in [3.8, 4) is 17.1 Å². The minimum Gasteiger partial charge on any atom is -0.492 e. The smallest absolute Gasteiger partial charge is 0.230 e. The van der Waals surface area contributed by atoms with Gasteiger partial charge in [0.2, 0.25) is 5.91 Å². The minimum atomic E-state index is -0.0622. The van der Waals surface area contributed by atoms with Crippen LogP contribution in [0.4, 0.5) is 0 Å². The summed E-state index contributed by atoms with van der Waals surface area (Å²) in [4.78, 5) is 16.1. The van der Waals surface area contributed by atoms with Crippen LogP contribution in [0.1, 0.15) is 6.92 Å². The molecule has 0 spiro atoms. The Hall–Kier alpha value is -2.87. The summed E-state index contributed by atoms with van der Waals surface area (Å²) in [7, 11) is 0. The van der Waals surface area contributed by atoms with E-state index in [-0.39, 0.29) is 11.7 Å². The Bertz CT molecular complexity index is 855. The fraction of sp³-hybridized carbons (Fsp3) is 0.263. The van der Waals surface area contributed by atoms with Gasteiger partial charge in [-0.25, -0.2) is 0 Å². The largest absolute Gasteiger partial charge is 0.492 e. The first-order valence-corrected chi connectivity index (χ1v) is 9.67. The van der Waals surface area contributed by atoms with Gasteiger partial charge in [0.15, 0.2) is 11.0 Å². The molecule has 8 heteroatoms. The molecule has 0 fully saturated rings. The molecular weight excluding hydrogens is 362 g/mol. The van der Waals surface area contributed by atoms with Gasteiger partial charge in [-0.05, 0) is 31.2 Å². The molecule has 0 unspecified atom stereocenters. The zero-order valence-electron chi connectivity index (χ0n) is 15.0. The lowest BCUT2D eigenvalue weighted by Crippen LogP contribution is -2.29. The van der Waals surface area contributed by atoms with Crippen LogP contribution in [0, 0.1) is 0 Å². The quantitative estimate of drug-likeness (QED) is 0.452. The Balaban J connectivity index is 1.47. The molecule has 3 aromatic rings. The number of carbonyl (C=O) groups excluding carboxylic acids is 1. The van der Waals surface area contributed by atoms with Crippen molar-refractivity contribution in [2.24, 2.45) is 0 Å². The number of para-hydroxylation sites is 1. The van der Waals surface area contributed by atoms with E-state index in [2.05, 4.69) is 20.5 Å². The SMILES string of the molecule is CCn1c(SCC(=O)NCCOc2ccccc2)nnc1-c1ccncc1. The van der Waals surface area contributed by atoms with E-state index < -0.39 is 0 Å². The van der Waals surface area contributed by atoms with Crippen LogP contribution in [0.15, 0.2) is 60.0 Å². The fourth-order valence-corrected chi connectivity index (χ4v) is 3.28. The maximum Gasteiger partial charge on any atom is 0.230 e. The van der Waals surface area contributed by atoms with Gasteiger partial charge < -0.3 is 14.6 Å². The summed E-state index contributed by atoms with van der Waals surface area (Å²) < 4.78 is 7.55. The van der Waals surface area contributed by atoms with Crippen molar-refractivity contribution in [3.05, 3.63) is 54.9 Å². The van der Waals surface area contributed by atoms with Gasteiger partial charge in [0, 0.05) is 24.5 Å². The van der Waals surface area contributed by atoms with Gasteiger partial charge in [-0.15, -0.1) is 10.2 Å². The van der Waals surface area contributed by atoms with Crippen molar-refractivity contribution in [2.45, 2.75) is 18.6 Å². The minimum absolute atomic E-state index is 0.0622. The number of carbonyl (C=O) groups is 1. The summed E-state index contributed by atoms with van der Waals surface area (Å²) in [6, 6.07) is 13.3. The lowest BCUT2D eigenvalue weighted by Gasteiger charge is -2.08. The van der Waals surface area contributed by atoms with Crippen molar-refractivity contribution in [3.63, 3.8) is 0 Å². The summed E-state index contributed by atoms with van der Waals surface area (Å²) in [6.07, 6.45) is 3.45. The first kappa shape index (κ1) is 18.9. The molecule has 2 heterocycles. The highest BCUT2D eigenvalue weighted by Crippen LogP contribution is 2.23. The number of benzene rings is 1. The van der Waals surface area contributed by atoms with Gasteiger partial charge in [-0.1, -0.05) is 30.0 Å². The average molecular weight is 383 g/mol. The van der Waals surface area contributed by atoms with E-state index in [0.29, 0.717) is 13.2 Å². The second-order valence-corrected chi connectivity index (χ2v) is 6.53. The summed E-state index contributed by atoms with van der Waals surface area (Å²) in [5.41, 5.74) is 0.953. The third-order valence-electron chi connectivity index (χ3n) is 3.74. The van der Waals surface area contributed by atoms with Crippen LogP contribution in [0.25, 0.3) is 11.4 Å². The average Bonchev–Trinajstić information content (AvgIpc) is 3.14. The molecular formula is C19H21N5O2S. The fourth-order valence-electron chi connectivity index (χ4n) is 2.45. The number of hydrogen-bond acceptors (Lipinski definition) is 6. The lowest BCUT2D eigenvalue weighted by atomic mass is 10.2. The Morgan fingerprint density at radius 1 is 1.15 bits per heavy atom. The monoisotopic (exact) mass is 383 g/mol. The molecule has 1 aromatic carbocycles. The molecule has 0 aliphatic heterocycles. The van der Waals surface area contributed by atoms with E-state index >= 15 is 0 Å². The van der Waals surface area contributed by atoms with Crippen molar-refractivity contribution < 1.29 is 9.53 Å². The zero-order valence-corrected chi connectivity index (χ0v) is 15.9. The molecule has 7 nitrogen and oxygen atoms in total. The van der Waals surface area contributed by atoms with Gasteiger partial charge >= 0.3 is 0 Å². The first-order chi connectivity index (χ1) is 13.3. The standard InChI is InChI=1S/C19H21N5O2S/c1-2-24-18(15-8-10-20-11-9-15)22-23-19(24)27-14-17(25)21-12-13-26-16-6-4-3-5-7-16/h3-11H,2,12-14H2,1H3,(H,21,25). The highest BCUT2D eigenvalue weighted by molar-refractivity contribution is 7.99. The van der Waals surface area contributed by atoms with Crippen LogP contribution in [-0.2, 0) is 11.3 Å². The third kappa shape index (κ3) is 5.30. The molecule has 1 amide bonds. The van der Waals surface area contributed by atoms with E-state index in [1.807, 2.05) is 54.0 Å². The van der Waals surface area contributed by atoms with Crippen LogP contribution in [-0.4, -0.2) is 44.6 Å². The summed E-state index contributed by atoms with van der Waals surface area (Å²) in [5.74, 6) is 1.78. The molecule has 2 aromatic heterocycles. The second kappa shape index (κ2) is 9.72. The number of thioether (sulfide) groups is 1. The van der Waals surface area contributed by atoms with Crippen molar-refractivity contribution in [1.29, 1.82) is 0 Å². The van der Waals surface area contributed by atoms with E-state index in [1.165, 1.54) is 11.8 Å². The number of amides is 1. The maximum atomic E-state index is 12.1. The highest BCUT2D eigenvalue weighted by Gasteiger charge is 2.14. The molecule has 27 heavy (non-hydrogen) atoms. The Kier molecular flexibility index (Phi) is 6.81. The van der Waals surface area contributed by atoms with E-state index in [0.717, 1.165) is 28.8 Å². The molecule has 0 aliphatic carbocycles.